The van der Waals surface area contributed by atoms with Crippen LogP contribution in [0.4, 0.5) is 0 Å². The molecule has 1 saturated carbocycles. The maximum absolute atomic E-state index is 10.9. The van der Waals surface area contributed by atoms with Gasteiger partial charge in [0.05, 0.1) is 5.75 Å². The summed E-state index contributed by atoms with van der Waals surface area (Å²) in [4.78, 5) is 0.555. The van der Waals surface area contributed by atoms with Gasteiger partial charge in [0.1, 0.15) is 9.84 Å². The van der Waals surface area contributed by atoms with Crippen LogP contribution in [0.1, 0.15) is 25.7 Å². The van der Waals surface area contributed by atoms with Crippen molar-refractivity contribution in [3.63, 3.8) is 0 Å². The van der Waals surface area contributed by atoms with Crippen LogP contribution in [0.2, 0.25) is 0 Å². The molecular weight excluding hydrogens is 240 g/mol. The second kappa shape index (κ2) is 4.09. The van der Waals surface area contributed by atoms with Gasteiger partial charge in [0.15, 0.2) is 0 Å². The maximum atomic E-state index is 10.9. The first-order valence-corrected chi connectivity index (χ1v) is 7.28. The van der Waals surface area contributed by atoms with E-state index in [1.807, 2.05) is 0 Å². The van der Waals surface area contributed by atoms with Crippen molar-refractivity contribution in [2.75, 3.05) is 12.0 Å². The van der Waals surface area contributed by atoms with E-state index < -0.39 is 9.84 Å². The van der Waals surface area contributed by atoms with E-state index in [1.54, 1.807) is 0 Å². The monoisotopic (exact) mass is 254 g/mol. The summed E-state index contributed by atoms with van der Waals surface area (Å²) in [7, 11) is -2.76. The molecule has 0 spiro atoms. The Balaban J connectivity index is 2.32. The molecule has 0 saturated heterocycles. The van der Waals surface area contributed by atoms with Crippen LogP contribution in [0.15, 0.2) is 0 Å². The zero-order valence-corrected chi connectivity index (χ0v) is 9.70. The van der Waals surface area contributed by atoms with Gasteiger partial charge < -0.3 is 0 Å². The van der Waals surface area contributed by atoms with Gasteiger partial charge in [-0.2, -0.15) is 0 Å². The molecule has 0 amide bonds. The van der Waals surface area contributed by atoms with Crippen LogP contribution in [0.5, 0.6) is 0 Å². The van der Waals surface area contributed by atoms with Crippen LogP contribution in [0.3, 0.4) is 0 Å². The first kappa shape index (κ1) is 10.5. The molecule has 0 aromatic rings. The largest absolute Gasteiger partial charge is 0.229 e. The molecule has 2 nitrogen and oxygen atoms in total. The number of hydrogen-bond donors (Lipinski definition) is 0. The highest BCUT2D eigenvalue weighted by molar-refractivity contribution is 9.09. The predicted octanol–water partition coefficient (Wildman–Crippen LogP) is 1.98. The molecular formula is C8H15BrO2S. The Morgan fingerprint density at radius 1 is 1.42 bits per heavy atom. The topological polar surface area (TPSA) is 34.1 Å². The van der Waals surface area contributed by atoms with E-state index in [9.17, 15) is 8.42 Å². The zero-order valence-electron chi connectivity index (χ0n) is 7.29. The molecule has 0 aliphatic heterocycles. The smallest absolute Gasteiger partial charge is 0.147 e. The first-order chi connectivity index (χ1) is 5.49. The van der Waals surface area contributed by atoms with Gasteiger partial charge in [-0.1, -0.05) is 22.4 Å². The van der Waals surface area contributed by atoms with E-state index >= 15 is 0 Å². The minimum Gasteiger partial charge on any atom is -0.229 e. The molecule has 0 bridgehead atoms. The molecule has 72 valence electrons. The van der Waals surface area contributed by atoms with E-state index in [2.05, 4.69) is 15.9 Å². The second-order valence-corrected chi connectivity index (χ2v) is 7.06. The number of alkyl halides is 1. The van der Waals surface area contributed by atoms with E-state index in [0.717, 1.165) is 6.42 Å². The highest BCUT2D eigenvalue weighted by atomic mass is 79.9. The lowest BCUT2D eigenvalue weighted by Crippen LogP contribution is -2.12. The predicted molar refractivity (Wildman–Crippen MR) is 54.4 cm³/mol. The van der Waals surface area contributed by atoms with E-state index in [4.69, 9.17) is 0 Å². The minimum atomic E-state index is -2.76. The van der Waals surface area contributed by atoms with E-state index in [1.165, 1.54) is 25.5 Å². The second-order valence-electron chi connectivity index (χ2n) is 3.63. The average molecular weight is 255 g/mol. The Morgan fingerprint density at radius 2 is 2.08 bits per heavy atom. The van der Waals surface area contributed by atoms with Crippen molar-refractivity contribution in [3.05, 3.63) is 0 Å². The summed E-state index contributed by atoms with van der Waals surface area (Å²) in [6.07, 6.45) is 5.77. The van der Waals surface area contributed by atoms with Crippen LogP contribution >= 0.6 is 15.9 Å². The number of halogens is 1. The molecule has 1 aliphatic rings. The molecule has 0 heterocycles. The Hall–Kier alpha value is 0.430. The normalized spacial score (nSPS) is 30.8. The molecule has 0 aromatic heterocycles. The minimum absolute atomic E-state index is 0.347. The number of sulfone groups is 1. The fourth-order valence-electron chi connectivity index (χ4n) is 1.68. The summed E-state index contributed by atoms with van der Waals surface area (Å²) in [5.74, 6) is 0.930. The van der Waals surface area contributed by atoms with Crippen molar-refractivity contribution >= 4 is 25.8 Å². The third-order valence-corrected chi connectivity index (χ3v) is 4.61. The summed E-state index contributed by atoms with van der Waals surface area (Å²) in [6, 6.07) is 0. The maximum Gasteiger partial charge on any atom is 0.147 e. The quantitative estimate of drug-likeness (QED) is 0.723. The van der Waals surface area contributed by atoms with Crippen LogP contribution < -0.4 is 0 Å². The lowest BCUT2D eigenvalue weighted by atomic mass is 10.1. The van der Waals surface area contributed by atoms with Gasteiger partial charge in [-0.15, -0.1) is 0 Å². The summed E-state index contributed by atoms with van der Waals surface area (Å²) in [6.45, 7) is 0. The molecule has 12 heavy (non-hydrogen) atoms. The van der Waals surface area contributed by atoms with Gasteiger partial charge in [0.25, 0.3) is 0 Å². The van der Waals surface area contributed by atoms with Gasteiger partial charge in [-0.25, -0.2) is 8.42 Å². The van der Waals surface area contributed by atoms with Crippen LogP contribution in [0.25, 0.3) is 0 Å². The third-order valence-electron chi connectivity index (χ3n) is 2.43. The Kier molecular flexibility index (Phi) is 3.58. The number of rotatable bonds is 3. The fourth-order valence-corrected chi connectivity index (χ4v) is 3.27. The summed E-state index contributed by atoms with van der Waals surface area (Å²) < 4.78 is 21.8. The molecule has 0 aromatic carbocycles. The standard InChI is InChI=1S/C8H15BrO2S/c1-12(10,11)6-5-7-3-2-4-8(7)9/h7-8H,2-6H2,1H3. The zero-order chi connectivity index (χ0) is 9.19. The van der Waals surface area contributed by atoms with Crippen molar-refractivity contribution in [2.24, 2.45) is 5.92 Å². The molecule has 2 unspecified atom stereocenters. The van der Waals surface area contributed by atoms with Gasteiger partial charge >= 0.3 is 0 Å². The summed E-state index contributed by atoms with van der Waals surface area (Å²) in [5.41, 5.74) is 0. The Bertz CT molecular complexity index is 235. The van der Waals surface area contributed by atoms with Crippen LogP contribution in [-0.4, -0.2) is 25.3 Å². The van der Waals surface area contributed by atoms with Gasteiger partial charge in [-0.05, 0) is 25.2 Å². The molecule has 0 radical (unpaired) electrons. The average Bonchev–Trinajstić information content (AvgIpc) is 2.29. The highest BCUT2D eigenvalue weighted by Crippen LogP contribution is 2.33. The molecule has 2 atom stereocenters. The summed E-state index contributed by atoms with van der Waals surface area (Å²) >= 11 is 3.58. The van der Waals surface area contributed by atoms with Crippen molar-refractivity contribution < 1.29 is 8.42 Å². The number of hydrogen-bond acceptors (Lipinski definition) is 2. The lowest BCUT2D eigenvalue weighted by molar-refractivity contribution is 0.535. The Labute approximate surface area is 82.8 Å². The lowest BCUT2D eigenvalue weighted by Gasteiger charge is -2.12. The van der Waals surface area contributed by atoms with Crippen molar-refractivity contribution in [1.29, 1.82) is 0 Å². The van der Waals surface area contributed by atoms with E-state index in [0.29, 0.717) is 16.5 Å². The van der Waals surface area contributed by atoms with Crippen LogP contribution in [-0.2, 0) is 9.84 Å². The van der Waals surface area contributed by atoms with Gasteiger partial charge in [-0.3, -0.25) is 0 Å². The molecule has 4 heteroatoms. The molecule has 1 rings (SSSR count). The SMILES string of the molecule is CS(=O)(=O)CCC1CCCC1Br. The molecule has 1 fully saturated rings. The third kappa shape index (κ3) is 3.44. The highest BCUT2D eigenvalue weighted by Gasteiger charge is 2.25. The van der Waals surface area contributed by atoms with Crippen molar-refractivity contribution in [3.8, 4) is 0 Å². The molecule has 0 N–H and O–H groups in total. The molecule has 1 aliphatic carbocycles. The Morgan fingerprint density at radius 3 is 2.50 bits per heavy atom. The van der Waals surface area contributed by atoms with Crippen molar-refractivity contribution in [2.45, 2.75) is 30.5 Å². The fraction of sp³-hybridized carbons (Fsp3) is 1.00. The van der Waals surface area contributed by atoms with Crippen LogP contribution in [0, 0.1) is 5.92 Å². The first-order valence-electron chi connectivity index (χ1n) is 4.31. The van der Waals surface area contributed by atoms with Gasteiger partial charge in [0, 0.05) is 11.1 Å². The van der Waals surface area contributed by atoms with E-state index in [-0.39, 0.29) is 0 Å². The van der Waals surface area contributed by atoms with Gasteiger partial charge in [0.2, 0.25) is 0 Å². The van der Waals surface area contributed by atoms with Crippen molar-refractivity contribution in [1.82, 2.24) is 0 Å². The summed E-state index contributed by atoms with van der Waals surface area (Å²) in [5, 5.41) is 0.